The van der Waals surface area contributed by atoms with Crippen LogP contribution in [0.25, 0.3) is 33.9 Å². The van der Waals surface area contributed by atoms with Crippen LogP contribution in [0.2, 0.25) is 5.02 Å². The summed E-state index contributed by atoms with van der Waals surface area (Å²) in [6.07, 6.45) is 0. The van der Waals surface area contributed by atoms with Gasteiger partial charge in [0.2, 0.25) is 5.69 Å². The predicted molar refractivity (Wildman–Crippen MR) is 102 cm³/mol. The highest BCUT2D eigenvalue weighted by atomic mass is 35.5. The van der Waals surface area contributed by atoms with Gasteiger partial charge in [-0.2, -0.15) is 0 Å². The fraction of sp³-hybridized carbons (Fsp3) is 0. The summed E-state index contributed by atoms with van der Waals surface area (Å²) in [5.74, 6) is 0.0771. The molecule has 4 nitrogen and oxygen atoms in total. The van der Waals surface area contributed by atoms with Crippen LogP contribution in [0.15, 0.2) is 84.9 Å². The minimum Gasteiger partial charge on any atom is -0.710 e. The number of rotatable bonds is 3. The van der Waals surface area contributed by atoms with Crippen LogP contribution in [0, 0.1) is 5.21 Å². The minimum atomic E-state index is 0.0771. The third kappa shape index (κ3) is 2.61. The van der Waals surface area contributed by atoms with Crippen LogP contribution in [0.5, 0.6) is 0 Å². The van der Waals surface area contributed by atoms with Gasteiger partial charge in [0.15, 0.2) is 5.69 Å². The van der Waals surface area contributed by atoms with Crippen LogP contribution < -0.4 is 4.73 Å². The van der Waals surface area contributed by atoms with E-state index >= 15 is 0 Å². The summed E-state index contributed by atoms with van der Waals surface area (Å²) in [5, 5.41) is 24.5. The lowest BCUT2D eigenvalue weighted by molar-refractivity contribution is -0.582. The Bertz CT molecular complexity index is 997. The van der Waals surface area contributed by atoms with Crippen molar-refractivity contribution in [1.29, 1.82) is 0 Å². The molecule has 0 spiro atoms. The summed E-state index contributed by atoms with van der Waals surface area (Å²) in [6, 6.07) is 25.5. The van der Waals surface area contributed by atoms with Crippen LogP contribution in [0.1, 0.15) is 0 Å². The highest BCUT2D eigenvalue weighted by molar-refractivity contribution is 6.33. The van der Waals surface area contributed by atoms with E-state index in [1.807, 2.05) is 60.7 Å². The van der Waals surface area contributed by atoms with Gasteiger partial charge in [0, 0.05) is 11.1 Å². The molecule has 0 saturated heterocycles. The van der Waals surface area contributed by atoms with Crippen LogP contribution in [-0.4, -0.2) is 9.94 Å². The molecule has 5 heteroatoms. The van der Waals surface area contributed by atoms with E-state index in [1.54, 1.807) is 24.3 Å². The molecule has 0 unspecified atom stereocenters. The van der Waals surface area contributed by atoms with Crippen LogP contribution in [0.4, 0.5) is 0 Å². The van der Waals surface area contributed by atoms with Crippen LogP contribution in [-0.2, 0) is 0 Å². The average Bonchev–Trinajstić information content (AvgIpc) is 2.94. The number of benzene rings is 3. The van der Waals surface area contributed by atoms with Gasteiger partial charge < -0.3 is 10.4 Å². The van der Waals surface area contributed by atoms with E-state index in [1.165, 1.54) is 0 Å². The molecule has 0 aliphatic carbocycles. The monoisotopic (exact) mass is 362 g/mol. The van der Waals surface area contributed by atoms with E-state index < -0.39 is 0 Å². The third-order valence-electron chi connectivity index (χ3n) is 4.24. The predicted octanol–water partition coefficient (Wildman–Crippen LogP) is 5.01. The number of nitrogens with zero attached hydrogens (tertiary/aromatic N) is 2. The second kappa shape index (κ2) is 6.58. The van der Waals surface area contributed by atoms with Crippen molar-refractivity contribution in [2.75, 3.05) is 0 Å². The molecule has 0 bridgehead atoms. The van der Waals surface area contributed by atoms with Crippen molar-refractivity contribution < 1.29 is 9.94 Å². The number of halogens is 1. The lowest BCUT2D eigenvalue weighted by Crippen LogP contribution is -2.30. The molecule has 0 saturated carbocycles. The zero-order chi connectivity index (χ0) is 18.1. The average molecular weight is 363 g/mol. The zero-order valence-electron chi connectivity index (χ0n) is 13.7. The Balaban J connectivity index is 2.08. The minimum absolute atomic E-state index is 0.0771. The molecule has 0 fully saturated rings. The number of hydrogen-bond acceptors (Lipinski definition) is 2. The van der Waals surface area contributed by atoms with E-state index in [4.69, 9.17) is 11.6 Å². The van der Waals surface area contributed by atoms with Crippen molar-refractivity contribution in [3.8, 4) is 33.9 Å². The van der Waals surface area contributed by atoms with E-state index in [0.717, 1.165) is 15.0 Å². The Morgan fingerprint density at radius 3 is 1.92 bits per heavy atom. The molecule has 0 radical (unpaired) electrons. The van der Waals surface area contributed by atoms with Crippen molar-refractivity contribution >= 4 is 11.6 Å². The maximum Gasteiger partial charge on any atom is 0.333 e. The molecular formula is C21H15ClN2O2. The SMILES string of the molecule is [O-][n+]1c(-c2ccccc2)c(-c2ccccc2)n(O)c1-c1ccccc1Cl. The lowest BCUT2D eigenvalue weighted by atomic mass is 10.1. The zero-order valence-corrected chi connectivity index (χ0v) is 14.5. The summed E-state index contributed by atoms with van der Waals surface area (Å²) >= 11 is 6.28. The van der Waals surface area contributed by atoms with Gasteiger partial charge >= 0.3 is 5.82 Å². The summed E-state index contributed by atoms with van der Waals surface area (Å²) in [4.78, 5) is 0. The van der Waals surface area contributed by atoms with E-state index in [0.29, 0.717) is 27.5 Å². The smallest absolute Gasteiger partial charge is 0.333 e. The largest absolute Gasteiger partial charge is 0.710 e. The standard InChI is InChI=1S/C21H15ClN2O2/c22-18-14-8-7-13-17(18)21-23(25)19(15-9-3-1-4-10-15)20(24(21)26)16-11-5-2-6-12-16/h1-14,25H. The van der Waals surface area contributed by atoms with Gasteiger partial charge in [-0.3, -0.25) is 0 Å². The molecule has 3 aromatic carbocycles. The van der Waals surface area contributed by atoms with Crippen molar-refractivity contribution in [3.05, 3.63) is 95.2 Å². The number of imidazole rings is 1. The summed E-state index contributed by atoms with van der Waals surface area (Å²) < 4.78 is 1.66. The molecule has 4 rings (SSSR count). The van der Waals surface area contributed by atoms with Crippen LogP contribution >= 0.6 is 11.6 Å². The van der Waals surface area contributed by atoms with Crippen molar-refractivity contribution in [2.45, 2.75) is 0 Å². The number of aromatic nitrogens is 2. The molecule has 1 N–H and O–H groups in total. The topological polar surface area (TPSA) is 52.1 Å². The maximum atomic E-state index is 13.2. The Morgan fingerprint density at radius 2 is 1.31 bits per heavy atom. The van der Waals surface area contributed by atoms with Gasteiger partial charge in [-0.05, 0) is 16.9 Å². The summed E-state index contributed by atoms with van der Waals surface area (Å²) in [6.45, 7) is 0. The summed E-state index contributed by atoms with van der Waals surface area (Å²) in [5.41, 5.74) is 2.70. The molecule has 0 aliphatic rings. The Labute approximate surface area is 155 Å². The highest BCUT2D eigenvalue weighted by Gasteiger charge is 2.32. The maximum absolute atomic E-state index is 13.2. The molecule has 26 heavy (non-hydrogen) atoms. The number of hydrogen-bond donors (Lipinski definition) is 1. The second-order valence-corrected chi connectivity index (χ2v) is 6.25. The van der Waals surface area contributed by atoms with Gasteiger partial charge in [-0.15, -0.1) is 0 Å². The highest BCUT2D eigenvalue weighted by Crippen LogP contribution is 2.35. The van der Waals surface area contributed by atoms with Gasteiger partial charge in [-0.1, -0.05) is 84.4 Å². The van der Waals surface area contributed by atoms with E-state index in [-0.39, 0.29) is 5.82 Å². The van der Waals surface area contributed by atoms with Crippen molar-refractivity contribution in [2.24, 2.45) is 0 Å². The van der Waals surface area contributed by atoms with Crippen LogP contribution in [0.3, 0.4) is 0 Å². The van der Waals surface area contributed by atoms with Gasteiger partial charge in [0.1, 0.15) is 0 Å². The molecule has 0 aliphatic heterocycles. The molecular weight excluding hydrogens is 348 g/mol. The molecule has 4 aromatic rings. The molecule has 1 heterocycles. The normalized spacial score (nSPS) is 10.8. The Hall–Kier alpha value is -3.24. The Kier molecular flexibility index (Phi) is 4.11. The quantitative estimate of drug-likeness (QED) is 0.316. The molecule has 128 valence electrons. The third-order valence-corrected chi connectivity index (χ3v) is 4.57. The molecule has 0 amide bonds. The molecule has 1 aromatic heterocycles. The lowest BCUT2D eigenvalue weighted by Gasteiger charge is -2.07. The first-order valence-corrected chi connectivity index (χ1v) is 8.49. The fourth-order valence-corrected chi connectivity index (χ4v) is 3.29. The first-order valence-electron chi connectivity index (χ1n) is 8.11. The first-order chi connectivity index (χ1) is 12.7. The van der Waals surface area contributed by atoms with Crippen molar-refractivity contribution in [3.63, 3.8) is 0 Å². The second-order valence-electron chi connectivity index (χ2n) is 5.84. The Morgan fingerprint density at radius 1 is 0.769 bits per heavy atom. The summed E-state index contributed by atoms with van der Waals surface area (Å²) in [7, 11) is 0. The van der Waals surface area contributed by atoms with Gasteiger partial charge in [-0.25, -0.2) is 4.73 Å². The van der Waals surface area contributed by atoms with E-state index in [2.05, 4.69) is 0 Å². The molecule has 0 atom stereocenters. The van der Waals surface area contributed by atoms with E-state index in [9.17, 15) is 10.4 Å². The fourth-order valence-electron chi connectivity index (χ4n) is 3.07. The first kappa shape index (κ1) is 16.2. The van der Waals surface area contributed by atoms with Crippen molar-refractivity contribution in [1.82, 2.24) is 4.73 Å². The van der Waals surface area contributed by atoms with Gasteiger partial charge in [0.05, 0.1) is 10.6 Å². The van der Waals surface area contributed by atoms with Gasteiger partial charge in [0.25, 0.3) is 0 Å².